The van der Waals surface area contributed by atoms with E-state index in [-0.39, 0.29) is 5.66 Å². The normalized spacial score (nSPS) is 29.4. The lowest BCUT2D eigenvalue weighted by Crippen LogP contribution is -2.64. The number of hydrogen-bond acceptors (Lipinski definition) is 2. The number of nitrogens with one attached hydrogen (secondary N) is 1. The van der Waals surface area contributed by atoms with Gasteiger partial charge in [0.2, 0.25) is 0 Å². The van der Waals surface area contributed by atoms with Gasteiger partial charge in [0.15, 0.2) is 0 Å². The monoisotopic (exact) mass is 267 g/mol. The Bertz CT molecular complexity index is 672. The van der Waals surface area contributed by atoms with E-state index in [9.17, 15) is 0 Å². The topological polar surface area (TPSA) is 45.0 Å². The van der Waals surface area contributed by atoms with Gasteiger partial charge in [0.1, 0.15) is 0 Å². The molecule has 4 rings (SSSR count). The van der Waals surface area contributed by atoms with Crippen molar-refractivity contribution in [2.45, 2.75) is 30.8 Å². The highest BCUT2D eigenvalue weighted by molar-refractivity contribution is 5.88. The number of likely N-dealkylation sites (tertiary alicyclic amines) is 1. The third-order valence-corrected chi connectivity index (χ3v) is 5.13. The molecule has 1 aromatic heterocycles. The summed E-state index contributed by atoms with van der Waals surface area (Å²) < 4.78 is 0. The van der Waals surface area contributed by atoms with Gasteiger partial charge in [0, 0.05) is 42.5 Å². The van der Waals surface area contributed by atoms with Gasteiger partial charge >= 0.3 is 0 Å². The van der Waals surface area contributed by atoms with Gasteiger partial charge in [-0.25, -0.2) is 0 Å². The zero-order chi connectivity index (χ0) is 13.7. The summed E-state index contributed by atoms with van der Waals surface area (Å²) in [4.78, 5) is 5.82. The van der Waals surface area contributed by atoms with Crippen molar-refractivity contribution in [3.8, 4) is 0 Å². The lowest BCUT2D eigenvalue weighted by molar-refractivity contribution is 0.0386. The van der Waals surface area contributed by atoms with E-state index in [1.807, 2.05) is 6.08 Å². The minimum atomic E-state index is -0.254. The number of aromatic nitrogens is 1. The summed E-state index contributed by atoms with van der Waals surface area (Å²) in [5, 5.41) is 1.42. The first kappa shape index (κ1) is 12.2. The maximum atomic E-state index is 6.91. The molecule has 1 aliphatic heterocycles. The molecule has 2 heterocycles. The highest BCUT2D eigenvalue weighted by atomic mass is 15.3. The number of fused-ring (bicyclic) bond motifs is 2. The van der Waals surface area contributed by atoms with Crippen LogP contribution >= 0.6 is 0 Å². The average Bonchev–Trinajstić information content (AvgIpc) is 2.85. The Labute approximate surface area is 119 Å². The molecule has 20 heavy (non-hydrogen) atoms. The van der Waals surface area contributed by atoms with Crippen molar-refractivity contribution in [1.82, 2.24) is 9.88 Å². The van der Waals surface area contributed by atoms with Crippen LogP contribution in [0.25, 0.3) is 10.9 Å². The van der Waals surface area contributed by atoms with Crippen molar-refractivity contribution in [2.24, 2.45) is 5.73 Å². The van der Waals surface area contributed by atoms with E-state index in [1.165, 1.54) is 34.9 Å². The van der Waals surface area contributed by atoms with E-state index < -0.39 is 0 Å². The number of aromatic amines is 1. The number of piperidine rings is 1. The second kappa shape index (κ2) is 4.21. The molecule has 3 heteroatoms. The fourth-order valence-corrected chi connectivity index (χ4v) is 4.26. The van der Waals surface area contributed by atoms with Crippen molar-refractivity contribution in [1.29, 1.82) is 0 Å². The molecule has 104 valence electrons. The molecule has 0 saturated carbocycles. The first-order valence-corrected chi connectivity index (χ1v) is 7.48. The predicted octanol–water partition coefficient (Wildman–Crippen LogP) is 2.74. The lowest BCUT2D eigenvalue weighted by atomic mass is 9.71. The molecule has 0 radical (unpaired) electrons. The first-order chi connectivity index (χ1) is 9.74. The molecule has 2 aromatic rings. The molecule has 0 amide bonds. The van der Waals surface area contributed by atoms with E-state index in [1.54, 1.807) is 0 Å². The van der Waals surface area contributed by atoms with Crippen molar-refractivity contribution in [3.63, 3.8) is 0 Å². The van der Waals surface area contributed by atoms with Gasteiger partial charge in [-0.15, -0.1) is 6.58 Å². The molecule has 3 nitrogen and oxygen atoms in total. The van der Waals surface area contributed by atoms with Crippen LogP contribution in [0.3, 0.4) is 0 Å². The predicted molar refractivity (Wildman–Crippen MR) is 82.7 cm³/mol. The summed E-state index contributed by atoms with van der Waals surface area (Å²) in [6.45, 7) is 5.85. The molecule has 1 unspecified atom stereocenters. The summed E-state index contributed by atoms with van der Waals surface area (Å²) in [7, 11) is 0. The number of hydrogen-bond donors (Lipinski definition) is 2. The van der Waals surface area contributed by atoms with Crippen LogP contribution < -0.4 is 5.73 Å². The smallest absolute Gasteiger partial charge is 0.0802 e. The Morgan fingerprint density at radius 1 is 1.50 bits per heavy atom. The number of benzene rings is 1. The van der Waals surface area contributed by atoms with Gasteiger partial charge in [-0.2, -0.15) is 0 Å². The maximum Gasteiger partial charge on any atom is 0.0802 e. The standard InChI is InChI=1S/C17H21N3/c1-2-8-20-9-4-6-14-13-5-3-7-15-16(13)12(11-19-15)10-17(14,20)18/h2-3,5,7,11,14,19H,1,4,6,8-10,18H2/t14?,17-/m1/s1. The zero-order valence-corrected chi connectivity index (χ0v) is 11.7. The van der Waals surface area contributed by atoms with Gasteiger partial charge in [-0.3, -0.25) is 4.90 Å². The van der Waals surface area contributed by atoms with Gasteiger partial charge in [-0.1, -0.05) is 18.2 Å². The molecule has 1 aromatic carbocycles. The number of nitrogens with zero attached hydrogens (tertiary/aromatic N) is 1. The van der Waals surface area contributed by atoms with Gasteiger partial charge in [0.05, 0.1) is 5.66 Å². The van der Waals surface area contributed by atoms with Crippen LogP contribution in [0.5, 0.6) is 0 Å². The molecule has 2 atom stereocenters. The quantitative estimate of drug-likeness (QED) is 0.822. The Balaban J connectivity index is 1.90. The van der Waals surface area contributed by atoms with E-state index in [4.69, 9.17) is 5.73 Å². The lowest BCUT2D eigenvalue weighted by Gasteiger charge is -2.52. The Morgan fingerprint density at radius 2 is 2.40 bits per heavy atom. The van der Waals surface area contributed by atoms with Gasteiger partial charge in [-0.05, 0) is 30.0 Å². The molecule has 2 aliphatic rings. The van der Waals surface area contributed by atoms with Gasteiger partial charge in [0.25, 0.3) is 0 Å². The number of H-pyrrole nitrogens is 1. The number of rotatable bonds is 2. The second-order valence-electron chi connectivity index (χ2n) is 6.18. The fourth-order valence-electron chi connectivity index (χ4n) is 4.26. The average molecular weight is 267 g/mol. The van der Waals surface area contributed by atoms with Crippen LogP contribution in [-0.4, -0.2) is 28.6 Å². The fraction of sp³-hybridized carbons (Fsp3) is 0.412. The highest BCUT2D eigenvalue weighted by Crippen LogP contribution is 2.47. The van der Waals surface area contributed by atoms with E-state index >= 15 is 0 Å². The van der Waals surface area contributed by atoms with Crippen molar-refractivity contribution in [2.75, 3.05) is 13.1 Å². The Hall–Kier alpha value is -1.58. The maximum absolute atomic E-state index is 6.91. The summed E-state index contributed by atoms with van der Waals surface area (Å²) in [5.41, 5.74) is 10.7. The summed E-state index contributed by atoms with van der Waals surface area (Å²) in [6, 6.07) is 6.58. The van der Waals surface area contributed by atoms with Crippen LogP contribution in [0.2, 0.25) is 0 Å². The molecule has 3 N–H and O–H groups in total. The molecule has 0 bridgehead atoms. The SMILES string of the molecule is C=CCN1CCCC2c3cccc4[nH]cc(c34)C[C@]21N. The molecule has 1 fully saturated rings. The molecular formula is C17H21N3. The van der Waals surface area contributed by atoms with E-state index in [2.05, 4.69) is 40.9 Å². The van der Waals surface area contributed by atoms with E-state index in [0.29, 0.717) is 5.92 Å². The van der Waals surface area contributed by atoms with Crippen molar-refractivity contribution < 1.29 is 0 Å². The third-order valence-electron chi connectivity index (χ3n) is 5.13. The molecule has 1 saturated heterocycles. The zero-order valence-electron chi connectivity index (χ0n) is 11.7. The van der Waals surface area contributed by atoms with Crippen LogP contribution in [0.1, 0.15) is 29.9 Å². The Morgan fingerprint density at radius 3 is 3.25 bits per heavy atom. The number of nitrogens with two attached hydrogens (primary N) is 1. The van der Waals surface area contributed by atoms with Gasteiger partial charge < -0.3 is 10.7 Å². The van der Waals surface area contributed by atoms with E-state index in [0.717, 1.165) is 19.5 Å². The molecular weight excluding hydrogens is 246 g/mol. The summed E-state index contributed by atoms with van der Waals surface area (Å²) in [6.07, 6.45) is 7.45. The first-order valence-electron chi connectivity index (χ1n) is 7.48. The molecule has 0 spiro atoms. The Kier molecular flexibility index (Phi) is 2.56. The molecule has 1 aliphatic carbocycles. The van der Waals surface area contributed by atoms with Crippen LogP contribution in [0, 0.1) is 0 Å². The summed E-state index contributed by atoms with van der Waals surface area (Å²) >= 11 is 0. The second-order valence-corrected chi connectivity index (χ2v) is 6.18. The van der Waals surface area contributed by atoms with Crippen molar-refractivity contribution in [3.05, 3.63) is 48.2 Å². The van der Waals surface area contributed by atoms with Crippen LogP contribution in [0.15, 0.2) is 37.1 Å². The van der Waals surface area contributed by atoms with Crippen LogP contribution in [0.4, 0.5) is 0 Å². The minimum Gasteiger partial charge on any atom is -0.361 e. The third kappa shape index (κ3) is 1.48. The summed E-state index contributed by atoms with van der Waals surface area (Å²) in [5.74, 6) is 0.434. The van der Waals surface area contributed by atoms with Crippen molar-refractivity contribution >= 4 is 10.9 Å². The largest absolute Gasteiger partial charge is 0.361 e. The minimum absolute atomic E-state index is 0.254. The van der Waals surface area contributed by atoms with Crippen LogP contribution in [-0.2, 0) is 6.42 Å². The highest BCUT2D eigenvalue weighted by Gasteiger charge is 2.46.